The third-order valence-electron chi connectivity index (χ3n) is 4.00. The predicted molar refractivity (Wildman–Crippen MR) is 90.2 cm³/mol. The lowest BCUT2D eigenvalue weighted by Crippen LogP contribution is -2.31. The molecule has 20 heavy (non-hydrogen) atoms. The summed E-state index contributed by atoms with van der Waals surface area (Å²) in [7, 11) is 0. The molecule has 1 saturated heterocycles. The van der Waals surface area contributed by atoms with Gasteiger partial charge in [0.05, 0.1) is 6.61 Å². The zero-order valence-electron chi connectivity index (χ0n) is 12.1. The van der Waals surface area contributed by atoms with Gasteiger partial charge in [0.15, 0.2) is 0 Å². The van der Waals surface area contributed by atoms with Gasteiger partial charge < -0.3 is 10.1 Å². The maximum Gasteiger partial charge on any atom is 0.122 e. The fourth-order valence-electron chi connectivity index (χ4n) is 2.85. The zero-order valence-corrected chi connectivity index (χ0v) is 13.7. The van der Waals surface area contributed by atoms with E-state index in [1.807, 2.05) is 0 Å². The third-order valence-corrected chi connectivity index (χ3v) is 6.85. The maximum absolute atomic E-state index is 5.60. The Balaban J connectivity index is 1.60. The summed E-state index contributed by atoms with van der Waals surface area (Å²) in [5.41, 5.74) is 2.80. The summed E-state index contributed by atoms with van der Waals surface area (Å²) >= 11 is 4.22. The Morgan fingerprint density at radius 3 is 3.15 bits per heavy atom. The molecule has 0 radical (unpaired) electrons. The lowest BCUT2D eigenvalue weighted by Gasteiger charge is -2.25. The van der Waals surface area contributed by atoms with E-state index in [2.05, 4.69) is 54.0 Å². The molecule has 2 nitrogen and oxygen atoms in total. The van der Waals surface area contributed by atoms with Crippen molar-refractivity contribution in [2.45, 2.75) is 31.1 Å². The number of hydrogen-bond acceptors (Lipinski definition) is 4. The average Bonchev–Trinajstić information content (AvgIpc) is 2.96. The molecule has 1 fully saturated rings. The zero-order chi connectivity index (χ0) is 13.8. The molecular weight excluding hydrogens is 286 g/mol. The number of rotatable bonds is 5. The first-order valence-corrected chi connectivity index (χ1v) is 9.75. The van der Waals surface area contributed by atoms with E-state index in [0.29, 0.717) is 6.04 Å². The van der Waals surface area contributed by atoms with Gasteiger partial charge in [0.25, 0.3) is 0 Å². The average molecular weight is 310 g/mol. The third kappa shape index (κ3) is 3.46. The van der Waals surface area contributed by atoms with E-state index >= 15 is 0 Å². The van der Waals surface area contributed by atoms with Crippen molar-refractivity contribution < 1.29 is 4.74 Å². The minimum atomic E-state index is 0.480. The summed E-state index contributed by atoms with van der Waals surface area (Å²) < 4.78 is 5.60. The normalized spacial score (nSPS) is 23.1. The molecule has 2 atom stereocenters. The Morgan fingerprint density at radius 1 is 1.40 bits per heavy atom. The van der Waals surface area contributed by atoms with Gasteiger partial charge >= 0.3 is 0 Å². The van der Waals surface area contributed by atoms with Gasteiger partial charge in [-0.3, -0.25) is 0 Å². The summed E-state index contributed by atoms with van der Waals surface area (Å²) in [5.74, 6) is 5.02. The Hall–Kier alpha value is -0.320. The first kappa shape index (κ1) is 14.6. The largest absolute Gasteiger partial charge is 0.493 e. The van der Waals surface area contributed by atoms with Gasteiger partial charge in [-0.1, -0.05) is 19.1 Å². The summed E-state index contributed by atoms with van der Waals surface area (Å²) in [5, 5.41) is 4.55. The molecule has 1 aromatic rings. The van der Waals surface area contributed by atoms with Crippen molar-refractivity contribution in [2.24, 2.45) is 0 Å². The lowest BCUT2D eigenvalue weighted by molar-refractivity contribution is 0.356. The highest BCUT2D eigenvalue weighted by atomic mass is 32.2. The summed E-state index contributed by atoms with van der Waals surface area (Å²) in [6.07, 6.45) is 2.21. The Bertz CT molecular complexity index is 446. The highest BCUT2D eigenvalue weighted by Crippen LogP contribution is 2.29. The first-order chi connectivity index (χ1) is 9.86. The van der Waals surface area contributed by atoms with Gasteiger partial charge in [-0.25, -0.2) is 0 Å². The van der Waals surface area contributed by atoms with Crippen LogP contribution in [0.15, 0.2) is 18.2 Å². The van der Waals surface area contributed by atoms with Crippen LogP contribution in [-0.4, -0.2) is 35.7 Å². The molecule has 0 saturated carbocycles. The topological polar surface area (TPSA) is 21.3 Å². The maximum atomic E-state index is 5.60. The van der Waals surface area contributed by atoms with Gasteiger partial charge in [-0.2, -0.15) is 23.5 Å². The highest BCUT2D eigenvalue weighted by Gasteiger charge is 2.18. The van der Waals surface area contributed by atoms with E-state index in [-0.39, 0.29) is 0 Å². The molecule has 0 aliphatic carbocycles. The quantitative estimate of drug-likeness (QED) is 0.898. The van der Waals surface area contributed by atoms with Crippen LogP contribution < -0.4 is 10.1 Å². The van der Waals surface area contributed by atoms with Crippen molar-refractivity contribution in [3.8, 4) is 5.75 Å². The number of thioether (sulfide) groups is 2. The van der Waals surface area contributed by atoms with Crippen LogP contribution in [0, 0.1) is 0 Å². The number of nitrogens with one attached hydrogen (secondary N) is 1. The molecule has 0 amide bonds. The summed E-state index contributed by atoms with van der Waals surface area (Å²) in [6.45, 7) is 4.24. The fourth-order valence-corrected chi connectivity index (χ4v) is 5.47. The van der Waals surface area contributed by atoms with Crippen molar-refractivity contribution in [1.29, 1.82) is 0 Å². The molecule has 1 aromatic carbocycles. The van der Waals surface area contributed by atoms with Crippen LogP contribution in [0.25, 0.3) is 0 Å². The molecule has 0 aromatic heterocycles. The second-order valence-corrected chi connectivity index (χ2v) is 7.96. The number of hydrogen-bond donors (Lipinski definition) is 1. The number of ether oxygens (including phenoxy) is 1. The predicted octanol–water partition coefficient (Wildman–Crippen LogP) is 3.51. The van der Waals surface area contributed by atoms with Crippen molar-refractivity contribution in [3.05, 3.63) is 29.3 Å². The van der Waals surface area contributed by atoms with Gasteiger partial charge in [0, 0.05) is 41.5 Å². The van der Waals surface area contributed by atoms with E-state index in [1.54, 1.807) is 0 Å². The van der Waals surface area contributed by atoms with Gasteiger partial charge in [0.1, 0.15) is 5.75 Å². The van der Waals surface area contributed by atoms with E-state index in [4.69, 9.17) is 4.74 Å². The molecule has 4 heteroatoms. The standard InChI is InChI=1S/C16H23NOS2/c1-2-15(17-10-14-11-19-7-8-20-14)12-3-4-16-13(9-12)5-6-18-16/h3-4,9,14-15,17H,2,5-8,10-11H2,1H3. The summed E-state index contributed by atoms with van der Waals surface area (Å²) in [4.78, 5) is 0. The Labute approximate surface area is 130 Å². The molecule has 1 N–H and O–H groups in total. The molecule has 2 aliphatic heterocycles. The van der Waals surface area contributed by atoms with Gasteiger partial charge in [0.2, 0.25) is 0 Å². The van der Waals surface area contributed by atoms with Gasteiger partial charge in [-0.15, -0.1) is 0 Å². The van der Waals surface area contributed by atoms with Crippen LogP contribution in [0.1, 0.15) is 30.5 Å². The second kappa shape index (κ2) is 7.10. The van der Waals surface area contributed by atoms with Crippen molar-refractivity contribution in [2.75, 3.05) is 30.4 Å². The van der Waals surface area contributed by atoms with Crippen LogP contribution in [0.4, 0.5) is 0 Å². The minimum absolute atomic E-state index is 0.480. The van der Waals surface area contributed by atoms with Crippen molar-refractivity contribution in [3.63, 3.8) is 0 Å². The SMILES string of the molecule is CCC(NCC1CSCCS1)c1ccc2c(c1)CCO2. The Kier molecular flexibility index (Phi) is 5.19. The fraction of sp³-hybridized carbons (Fsp3) is 0.625. The van der Waals surface area contributed by atoms with Gasteiger partial charge in [-0.05, 0) is 23.6 Å². The lowest BCUT2D eigenvalue weighted by atomic mass is 10.0. The molecule has 0 spiro atoms. The highest BCUT2D eigenvalue weighted by molar-refractivity contribution is 8.06. The van der Waals surface area contributed by atoms with E-state index in [0.717, 1.165) is 37.0 Å². The molecule has 2 heterocycles. The van der Waals surface area contributed by atoms with Crippen LogP contribution in [0.2, 0.25) is 0 Å². The monoisotopic (exact) mass is 309 g/mol. The van der Waals surface area contributed by atoms with Crippen LogP contribution in [-0.2, 0) is 6.42 Å². The van der Waals surface area contributed by atoms with Crippen LogP contribution in [0.3, 0.4) is 0 Å². The first-order valence-electron chi connectivity index (χ1n) is 7.55. The molecular formula is C16H23NOS2. The molecule has 0 bridgehead atoms. The number of fused-ring (bicyclic) bond motifs is 1. The molecule has 3 rings (SSSR count). The number of benzene rings is 1. The summed E-state index contributed by atoms with van der Waals surface area (Å²) in [6, 6.07) is 7.20. The second-order valence-electron chi connectivity index (χ2n) is 5.40. The van der Waals surface area contributed by atoms with E-state index in [9.17, 15) is 0 Å². The van der Waals surface area contributed by atoms with Crippen LogP contribution >= 0.6 is 23.5 Å². The van der Waals surface area contributed by atoms with Crippen LogP contribution in [0.5, 0.6) is 5.75 Å². The van der Waals surface area contributed by atoms with Crippen molar-refractivity contribution in [1.82, 2.24) is 5.32 Å². The molecule has 2 unspecified atom stereocenters. The molecule has 110 valence electrons. The van der Waals surface area contributed by atoms with Crippen molar-refractivity contribution >= 4 is 23.5 Å². The Morgan fingerprint density at radius 2 is 2.35 bits per heavy atom. The molecule has 2 aliphatic rings. The van der Waals surface area contributed by atoms with E-state index < -0.39 is 0 Å². The van der Waals surface area contributed by atoms with E-state index in [1.165, 1.54) is 28.4 Å². The smallest absolute Gasteiger partial charge is 0.122 e. The minimum Gasteiger partial charge on any atom is -0.493 e.